The van der Waals surface area contributed by atoms with Crippen molar-refractivity contribution in [2.75, 3.05) is 33.4 Å². The predicted octanol–water partition coefficient (Wildman–Crippen LogP) is 3.95. The Morgan fingerprint density at radius 3 is 2.63 bits per heavy atom. The smallest absolute Gasteiger partial charge is 0.262 e. The molecule has 1 aliphatic rings. The summed E-state index contributed by atoms with van der Waals surface area (Å²) in [5.41, 5.74) is 2.87. The maximum atomic E-state index is 14.3. The average molecular weight is 429 g/mol. The fourth-order valence-corrected chi connectivity index (χ4v) is 4.81. The number of nitrogens with zero attached hydrogens (tertiary/aromatic N) is 1. The zero-order valence-corrected chi connectivity index (χ0v) is 17.8. The van der Waals surface area contributed by atoms with Gasteiger partial charge in [-0.05, 0) is 23.3 Å². The molecule has 0 unspecified atom stereocenters. The molecule has 0 spiro atoms. The summed E-state index contributed by atoms with van der Waals surface area (Å²) in [5.74, 6) is -0.536. The van der Waals surface area contributed by atoms with Crippen molar-refractivity contribution in [3.8, 4) is 0 Å². The van der Waals surface area contributed by atoms with Gasteiger partial charge < -0.3 is 14.8 Å². The number of nitrogens with one attached hydrogen (secondary N) is 1. The first-order chi connectivity index (χ1) is 14.7. The fourth-order valence-electron chi connectivity index (χ4n) is 3.68. The number of rotatable bonds is 7. The van der Waals surface area contributed by atoms with Crippen molar-refractivity contribution < 1.29 is 18.7 Å². The minimum absolute atomic E-state index is 0.194. The van der Waals surface area contributed by atoms with Crippen molar-refractivity contribution >= 4 is 27.3 Å². The van der Waals surface area contributed by atoms with Crippen LogP contribution in [0.3, 0.4) is 0 Å². The van der Waals surface area contributed by atoms with Crippen LogP contribution in [0.5, 0.6) is 0 Å². The van der Waals surface area contributed by atoms with Crippen LogP contribution in [0.15, 0.2) is 42.5 Å². The standard InChI is InChI=1S/C23H25FN2O3S/c1-28-15-18-21-19(24)3-2-4-20(21)30-22(18)23(27)25-13-16-5-7-17(8-6-16)14-26-9-11-29-12-10-26/h2-8H,9-15H2,1H3,(H,25,27). The van der Waals surface area contributed by atoms with E-state index < -0.39 is 0 Å². The van der Waals surface area contributed by atoms with E-state index in [-0.39, 0.29) is 18.3 Å². The van der Waals surface area contributed by atoms with E-state index in [0.29, 0.717) is 22.4 Å². The number of thiophene rings is 1. The Labute approximate surface area is 179 Å². The maximum Gasteiger partial charge on any atom is 0.262 e. The highest BCUT2D eigenvalue weighted by Gasteiger charge is 2.20. The molecule has 158 valence electrons. The minimum Gasteiger partial charge on any atom is -0.380 e. The molecule has 1 fully saturated rings. The van der Waals surface area contributed by atoms with Gasteiger partial charge in [0, 0.05) is 48.9 Å². The first-order valence-corrected chi connectivity index (χ1v) is 10.8. The molecule has 1 N–H and O–H groups in total. The normalized spacial score (nSPS) is 14.9. The molecule has 7 heteroatoms. The third kappa shape index (κ3) is 4.70. The average Bonchev–Trinajstić information content (AvgIpc) is 3.14. The molecule has 1 aliphatic heterocycles. The summed E-state index contributed by atoms with van der Waals surface area (Å²) < 4.78 is 25.7. The van der Waals surface area contributed by atoms with E-state index in [2.05, 4.69) is 22.3 Å². The van der Waals surface area contributed by atoms with E-state index in [0.717, 1.165) is 43.1 Å². The molecule has 1 amide bonds. The van der Waals surface area contributed by atoms with Gasteiger partial charge in [0.1, 0.15) is 5.82 Å². The van der Waals surface area contributed by atoms with Crippen LogP contribution in [0.1, 0.15) is 26.4 Å². The molecule has 2 heterocycles. The highest BCUT2D eigenvalue weighted by atomic mass is 32.1. The zero-order valence-electron chi connectivity index (χ0n) is 16.9. The highest BCUT2D eigenvalue weighted by molar-refractivity contribution is 7.21. The molecule has 1 saturated heterocycles. The minimum atomic E-state index is -0.328. The lowest BCUT2D eigenvalue weighted by molar-refractivity contribution is 0.0342. The van der Waals surface area contributed by atoms with Gasteiger partial charge >= 0.3 is 0 Å². The second-order valence-electron chi connectivity index (χ2n) is 7.34. The van der Waals surface area contributed by atoms with Crippen LogP contribution in [-0.4, -0.2) is 44.2 Å². The largest absolute Gasteiger partial charge is 0.380 e. The number of carbonyl (C=O) groups excluding carboxylic acids is 1. The maximum absolute atomic E-state index is 14.3. The van der Waals surface area contributed by atoms with E-state index in [1.54, 1.807) is 13.2 Å². The van der Waals surface area contributed by atoms with Gasteiger partial charge in [-0.1, -0.05) is 30.3 Å². The summed E-state index contributed by atoms with van der Waals surface area (Å²) in [5, 5.41) is 3.44. The highest BCUT2D eigenvalue weighted by Crippen LogP contribution is 2.33. The van der Waals surface area contributed by atoms with Crippen molar-refractivity contribution in [2.24, 2.45) is 0 Å². The second kappa shape index (κ2) is 9.66. The third-order valence-corrected chi connectivity index (χ3v) is 6.44. The van der Waals surface area contributed by atoms with Crippen LogP contribution in [-0.2, 0) is 29.2 Å². The molecule has 0 saturated carbocycles. The van der Waals surface area contributed by atoms with Crippen LogP contribution < -0.4 is 5.32 Å². The molecule has 4 rings (SSSR count). The number of hydrogen-bond acceptors (Lipinski definition) is 5. The van der Waals surface area contributed by atoms with E-state index in [4.69, 9.17) is 9.47 Å². The monoisotopic (exact) mass is 428 g/mol. The molecule has 0 radical (unpaired) electrons. The number of halogens is 1. The summed E-state index contributed by atoms with van der Waals surface area (Å²) in [6.07, 6.45) is 0. The summed E-state index contributed by atoms with van der Waals surface area (Å²) in [6.45, 7) is 5.01. The zero-order chi connectivity index (χ0) is 20.9. The summed E-state index contributed by atoms with van der Waals surface area (Å²) in [4.78, 5) is 15.7. The lowest BCUT2D eigenvalue weighted by Gasteiger charge is -2.26. The molecule has 2 aromatic carbocycles. The van der Waals surface area contributed by atoms with Gasteiger partial charge in [0.2, 0.25) is 0 Å². The Kier molecular flexibility index (Phi) is 6.74. The quantitative estimate of drug-likeness (QED) is 0.619. The number of fused-ring (bicyclic) bond motifs is 1. The number of amides is 1. The van der Waals surface area contributed by atoms with E-state index in [1.807, 2.05) is 18.2 Å². The van der Waals surface area contributed by atoms with Crippen LogP contribution >= 0.6 is 11.3 Å². The van der Waals surface area contributed by atoms with E-state index in [1.165, 1.54) is 23.0 Å². The second-order valence-corrected chi connectivity index (χ2v) is 8.40. The van der Waals surface area contributed by atoms with Gasteiger partial charge in [-0.3, -0.25) is 9.69 Å². The number of hydrogen-bond donors (Lipinski definition) is 1. The summed E-state index contributed by atoms with van der Waals surface area (Å²) in [6, 6.07) is 13.2. The SMILES string of the molecule is COCc1c(C(=O)NCc2ccc(CN3CCOCC3)cc2)sc2cccc(F)c12. The van der Waals surface area contributed by atoms with Gasteiger partial charge in [0.05, 0.1) is 24.7 Å². The molecule has 0 bridgehead atoms. The number of carbonyl (C=O) groups is 1. The molecular weight excluding hydrogens is 403 g/mol. The van der Waals surface area contributed by atoms with Crippen molar-refractivity contribution in [3.63, 3.8) is 0 Å². The molecular formula is C23H25FN2O3S. The van der Waals surface area contributed by atoms with Crippen molar-refractivity contribution in [2.45, 2.75) is 19.7 Å². The molecule has 30 heavy (non-hydrogen) atoms. The summed E-state index contributed by atoms with van der Waals surface area (Å²) in [7, 11) is 1.55. The van der Waals surface area contributed by atoms with Gasteiger partial charge in [-0.25, -0.2) is 4.39 Å². The first-order valence-electron chi connectivity index (χ1n) is 10.0. The lowest BCUT2D eigenvalue weighted by atomic mass is 10.1. The molecule has 0 atom stereocenters. The Balaban J connectivity index is 1.42. The lowest BCUT2D eigenvalue weighted by Crippen LogP contribution is -2.35. The van der Waals surface area contributed by atoms with Crippen molar-refractivity contribution in [3.05, 3.63) is 69.8 Å². The topological polar surface area (TPSA) is 50.8 Å². The number of ether oxygens (including phenoxy) is 2. The number of morpholine rings is 1. The molecule has 1 aromatic heterocycles. The molecule has 3 aromatic rings. The van der Waals surface area contributed by atoms with Gasteiger partial charge in [0.25, 0.3) is 5.91 Å². The van der Waals surface area contributed by atoms with E-state index >= 15 is 0 Å². The van der Waals surface area contributed by atoms with Gasteiger partial charge in [0.15, 0.2) is 0 Å². The Bertz CT molecular complexity index is 1010. The molecule has 0 aliphatic carbocycles. The Morgan fingerprint density at radius 1 is 1.17 bits per heavy atom. The number of benzene rings is 2. The van der Waals surface area contributed by atoms with Crippen LogP contribution in [0, 0.1) is 5.82 Å². The van der Waals surface area contributed by atoms with Gasteiger partial charge in [-0.2, -0.15) is 0 Å². The third-order valence-electron chi connectivity index (χ3n) is 5.24. The van der Waals surface area contributed by atoms with Gasteiger partial charge in [-0.15, -0.1) is 11.3 Å². The predicted molar refractivity (Wildman–Crippen MR) is 116 cm³/mol. The van der Waals surface area contributed by atoms with Crippen LogP contribution in [0.4, 0.5) is 4.39 Å². The first kappa shape index (κ1) is 20.9. The molecule has 5 nitrogen and oxygen atoms in total. The van der Waals surface area contributed by atoms with Crippen LogP contribution in [0.25, 0.3) is 10.1 Å². The Hall–Kier alpha value is -2.32. The fraction of sp³-hybridized carbons (Fsp3) is 0.348. The Morgan fingerprint density at radius 2 is 1.90 bits per heavy atom. The summed E-state index contributed by atoms with van der Waals surface area (Å²) >= 11 is 1.30. The van der Waals surface area contributed by atoms with Crippen LogP contribution in [0.2, 0.25) is 0 Å². The number of methoxy groups -OCH3 is 1. The van der Waals surface area contributed by atoms with Crippen molar-refractivity contribution in [1.82, 2.24) is 10.2 Å². The van der Waals surface area contributed by atoms with E-state index in [9.17, 15) is 9.18 Å². The van der Waals surface area contributed by atoms with Crippen molar-refractivity contribution in [1.29, 1.82) is 0 Å².